The summed E-state index contributed by atoms with van der Waals surface area (Å²) in [6, 6.07) is 4.24. The lowest BCUT2D eigenvalue weighted by atomic mass is 10.1. The number of hydrogen-bond donors (Lipinski definition) is 1. The first-order valence-corrected chi connectivity index (χ1v) is 6.57. The average molecular weight is 305 g/mol. The van der Waals surface area contributed by atoms with E-state index in [1.165, 1.54) is 12.1 Å². The summed E-state index contributed by atoms with van der Waals surface area (Å²) in [5.74, 6) is -0.606. The molecule has 21 heavy (non-hydrogen) atoms. The number of amides is 1. The molecule has 0 aromatic heterocycles. The zero-order chi connectivity index (χ0) is 15.9. The number of carbonyl (C=O) groups excluding carboxylic acids is 1. The van der Waals surface area contributed by atoms with E-state index in [4.69, 9.17) is 9.47 Å². The van der Waals surface area contributed by atoms with Crippen LogP contribution in [0, 0.1) is 0 Å². The standard InChI is InChI=1S/C14H18F3NO3/c1-3-20-12(21-4-2)9-18-13(19)10-6-5-7-11(8-10)14(15,16)17/h5-8,12H,3-4,9H2,1-2H3,(H,18,19). The van der Waals surface area contributed by atoms with Gasteiger partial charge in [0.2, 0.25) is 0 Å². The second-order valence-electron chi connectivity index (χ2n) is 4.13. The third-order valence-electron chi connectivity index (χ3n) is 2.59. The Morgan fingerprint density at radius 1 is 1.24 bits per heavy atom. The number of benzene rings is 1. The molecule has 1 amide bonds. The summed E-state index contributed by atoms with van der Waals surface area (Å²) in [5.41, 5.74) is -0.919. The van der Waals surface area contributed by atoms with E-state index in [2.05, 4.69) is 5.32 Å². The van der Waals surface area contributed by atoms with E-state index in [0.717, 1.165) is 12.1 Å². The summed E-state index contributed by atoms with van der Waals surface area (Å²) < 4.78 is 48.2. The van der Waals surface area contributed by atoms with Crippen molar-refractivity contribution in [2.24, 2.45) is 0 Å². The Labute approximate surface area is 121 Å². The van der Waals surface area contributed by atoms with Crippen LogP contribution in [0.2, 0.25) is 0 Å². The Bertz CT molecular complexity index is 457. The highest BCUT2D eigenvalue weighted by molar-refractivity contribution is 5.94. The van der Waals surface area contributed by atoms with Crippen molar-refractivity contribution in [2.45, 2.75) is 26.3 Å². The third-order valence-corrected chi connectivity index (χ3v) is 2.59. The molecule has 0 aliphatic rings. The maximum atomic E-state index is 12.6. The Morgan fingerprint density at radius 3 is 2.38 bits per heavy atom. The minimum absolute atomic E-state index is 0.0587. The van der Waals surface area contributed by atoms with Gasteiger partial charge in [-0.05, 0) is 32.0 Å². The van der Waals surface area contributed by atoms with Crippen LogP contribution in [0.5, 0.6) is 0 Å². The topological polar surface area (TPSA) is 47.6 Å². The van der Waals surface area contributed by atoms with Gasteiger partial charge in [0, 0.05) is 18.8 Å². The molecule has 1 aromatic carbocycles. The van der Waals surface area contributed by atoms with Crippen molar-refractivity contribution in [3.8, 4) is 0 Å². The van der Waals surface area contributed by atoms with E-state index >= 15 is 0 Å². The predicted molar refractivity (Wildman–Crippen MR) is 70.8 cm³/mol. The van der Waals surface area contributed by atoms with E-state index in [1.54, 1.807) is 13.8 Å². The van der Waals surface area contributed by atoms with Crippen LogP contribution >= 0.6 is 0 Å². The maximum Gasteiger partial charge on any atom is 0.416 e. The van der Waals surface area contributed by atoms with Crippen molar-refractivity contribution in [2.75, 3.05) is 19.8 Å². The summed E-state index contributed by atoms with van der Waals surface area (Å²) in [6.45, 7) is 4.44. The third kappa shape index (κ3) is 5.73. The summed E-state index contributed by atoms with van der Waals surface area (Å²) in [7, 11) is 0. The van der Waals surface area contributed by atoms with Crippen LogP contribution in [0.15, 0.2) is 24.3 Å². The lowest BCUT2D eigenvalue weighted by molar-refractivity contribution is -0.137. The zero-order valence-electron chi connectivity index (χ0n) is 11.9. The second kappa shape index (κ2) is 7.99. The molecular formula is C14H18F3NO3. The quantitative estimate of drug-likeness (QED) is 0.788. The number of hydrogen-bond acceptors (Lipinski definition) is 3. The van der Waals surface area contributed by atoms with E-state index < -0.39 is 23.9 Å². The molecule has 0 spiro atoms. The van der Waals surface area contributed by atoms with Gasteiger partial charge in [0.05, 0.1) is 12.1 Å². The lowest BCUT2D eigenvalue weighted by Gasteiger charge is -2.17. The summed E-state index contributed by atoms with van der Waals surface area (Å²) in [4.78, 5) is 11.8. The zero-order valence-corrected chi connectivity index (χ0v) is 11.9. The molecule has 0 bridgehead atoms. The molecule has 118 valence electrons. The van der Waals surface area contributed by atoms with Gasteiger partial charge in [0.15, 0.2) is 6.29 Å². The molecule has 1 aromatic rings. The van der Waals surface area contributed by atoms with Crippen LogP contribution in [0.1, 0.15) is 29.8 Å². The van der Waals surface area contributed by atoms with Crippen molar-refractivity contribution in [3.63, 3.8) is 0 Å². The smallest absolute Gasteiger partial charge is 0.351 e. The summed E-state index contributed by atoms with van der Waals surface area (Å²) in [6.07, 6.45) is -5.09. The maximum absolute atomic E-state index is 12.6. The normalized spacial score (nSPS) is 11.7. The number of halogens is 3. The minimum Gasteiger partial charge on any atom is -0.351 e. The molecule has 4 nitrogen and oxygen atoms in total. The van der Waals surface area contributed by atoms with Gasteiger partial charge >= 0.3 is 6.18 Å². The molecule has 0 atom stereocenters. The van der Waals surface area contributed by atoms with Gasteiger partial charge in [-0.25, -0.2) is 0 Å². The molecule has 0 fully saturated rings. The molecule has 0 aliphatic carbocycles. The van der Waals surface area contributed by atoms with E-state index in [9.17, 15) is 18.0 Å². The number of alkyl halides is 3. The Morgan fingerprint density at radius 2 is 1.86 bits per heavy atom. The first-order valence-electron chi connectivity index (χ1n) is 6.57. The first-order chi connectivity index (χ1) is 9.88. The van der Waals surface area contributed by atoms with Crippen molar-refractivity contribution in [1.29, 1.82) is 0 Å². The second-order valence-corrected chi connectivity index (χ2v) is 4.13. The number of rotatable bonds is 7. The van der Waals surface area contributed by atoms with Crippen molar-refractivity contribution >= 4 is 5.91 Å². The van der Waals surface area contributed by atoms with Crippen molar-refractivity contribution < 1.29 is 27.4 Å². The van der Waals surface area contributed by atoms with Crippen LogP contribution < -0.4 is 5.32 Å². The number of nitrogens with one attached hydrogen (secondary N) is 1. The molecule has 0 saturated carbocycles. The number of carbonyl (C=O) groups is 1. The van der Waals surface area contributed by atoms with Gasteiger partial charge in [-0.15, -0.1) is 0 Å². The molecule has 0 saturated heterocycles. The fraction of sp³-hybridized carbons (Fsp3) is 0.500. The largest absolute Gasteiger partial charge is 0.416 e. The summed E-state index contributed by atoms with van der Waals surface area (Å²) in [5, 5.41) is 2.49. The average Bonchev–Trinajstić information content (AvgIpc) is 2.44. The predicted octanol–water partition coefficient (Wildman–Crippen LogP) is 2.83. The fourth-order valence-electron chi connectivity index (χ4n) is 1.65. The Hall–Kier alpha value is -1.60. The Kier molecular flexibility index (Phi) is 6.64. The van der Waals surface area contributed by atoms with Crippen LogP contribution in [-0.2, 0) is 15.7 Å². The van der Waals surface area contributed by atoms with E-state index in [1.807, 2.05) is 0 Å². The van der Waals surface area contributed by atoms with Crippen LogP contribution in [0.4, 0.5) is 13.2 Å². The van der Waals surface area contributed by atoms with Crippen LogP contribution in [0.3, 0.4) is 0 Å². The monoisotopic (exact) mass is 305 g/mol. The fourth-order valence-corrected chi connectivity index (χ4v) is 1.65. The molecule has 1 N–H and O–H groups in total. The molecule has 0 unspecified atom stereocenters. The summed E-state index contributed by atoms with van der Waals surface area (Å²) >= 11 is 0. The van der Waals surface area contributed by atoms with E-state index in [-0.39, 0.29) is 12.1 Å². The highest BCUT2D eigenvalue weighted by atomic mass is 19.4. The first kappa shape index (κ1) is 17.5. The van der Waals surface area contributed by atoms with Crippen molar-refractivity contribution in [1.82, 2.24) is 5.32 Å². The van der Waals surface area contributed by atoms with Crippen molar-refractivity contribution in [3.05, 3.63) is 35.4 Å². The van der Waals surface area contributed by atoms with Gasteiger partial charge in [-0.3, -0.25) is 4.79 Å². The van der Waals surface area contributed by atoms with E-state index in [0.29, 0.717) is 13.2 Å². The molecule has 7 heteroatoms. The molecular weight excluding hydrogens is 287 g/mol. The molecule has 1 rings (SSSR count). The number of ether oxygens (including phenoxy) is 2. The van der Waals surface area contributed by atoms with Gasteiger partial charge in [0.1, 0.15) is 0 Å². The van der Waals surface area contributed by atoms with Gasteiger partial charge in [-0.1, -0.05) is 6.07 Å². The SMILES string of the molecule is CCOC(CNC(=O)c1cccc(C(F)(F)F)c1)OCC. The Balaban J connectivity index is 2.67. The van der Waals surface area contributed by atoms with Gasteiger partial charge in [-0.2, -0.15) is 13.2 Å². The highest BCUT2D eigenvalue weighted by Gasteiger charge is 2.30. The highest BCUT2D eigenvalue weighted by Crippen LogP contribution is 2.29. The molecule has 0 radical (unpaired) electrons. The van der Waals surface area contributed by atoms with Crippen LogP contribution in [-0.4, -0.2) is 32.0 Å². The van der Waals surface area contributed by atoms with Gasteiger partial charge in [0.25, 0.3) is 5.91 Å². The molecule has 0 aliphatic heterocycles. The van der Waals surface area contributed by atoms with Gasteiger partial charge < -0.3 is 14.8 Å². The van der Waals surface area contributed by atoms with Crippen LogP contribution in [0.25, 0.3) is 0 Å². The lowest BCUT2D eigenvalue weighted by Crippen LogP contribution is -2.35. The molecule has 0 heterocycles. The minimum atomic E-state index is -4.48.